The van der Waals surface area contributed by atoms with Crippen LogP contribution in [0.2, 0.25) is 0 Å². The summed E-state index contributed by atoms with van der Waals surface area (Å²) < 4.78 is 30.7. The summed E-state index contributed by atoms with van der Waals surface area (Å²) in [5.74, 6) is -0.161. The maximum absolute atomic E-state index is 12.0. The number of carbonyl (C=O) groups is 1. The zero-order chi connectivity index (χ0) is 14.5. The van der Waals surface area contributed by atoms with E-state index in [-0.39, 0.29) is 4.90 Å². The minimum atomic E-state index is -3.73. The van der Waals surface area contributed by atoms with Crippen LogP contribution in [-0.4, -0.2) is 33.4 Å². The molecule has 0 bridgehead atoms. The van der Waals surface area contributed by atoms with E-state index in [1.54, 1.807) is 12.1 Å². The molecule has 0 radical (unpaired) electrons. The van der Waals surface area contributed by atoms with E-state index in [1.165, 1.54) is 26.2 Å². The Morgan fingerprint density at radius 1 is 1.37 bits per heavy atom. The lowest BCUT2D eigenvalue weighted by Gasteiger charge is -2.12. The highest BCUT2D eigenvalue weighted by atomic mass is 35.5. The molecule has 5 nitrogen and oxygen atoms in total. The van der Waals surface area contributed by atoms with Gasteiger partial charge < -0.3 is 4.74 Å². The summed E-state index contributed by atoms with van der Waals surface area (Å²) in [5.41, 5.74) is 0.954. The van der Waals surface area contributed by atoms with Gasteiger partial charge >= 0.3 is 5.97 Å². The van der Waals surface area contributed by atoms with Crippen LogP contribution in [0.4, 0.5) is 0 Å². The van der Waals surface area contributed by atoms with Crippen molar-refractivity contribution in [2.45, 2.75) is 24.3 Å². The molecule has 0 aromatic heterocycles. The quantitative estimate of drug-likeness (QED) is 0.635. The maximum atomic E-state index is 12.0. The summed E-state index contributed by atoms with van der Waals surface area (Å²) >= 11 is 5.60. The number of hydrogen-bond acceptors (Lipinski definition) is 4. The Balaban J connectivity index is 2.85. The molecule has 1 aromatic carbocycles. The number of methoxy groups -OCH3 is 1. The third-order valence-electron chi connectivity index (χ3n) is 2.50. The molecule has 0 amide bonds. The van der Waals surface area contributed by atoms with E-state index in [0.717, 1.165) is 5.56 Å². The van der Waals surface area contributed by atoms with Gasteiger partial charge in [0.25, 0.3) is 0 Å². The lowest BCUT2D eigenvalue weighted by molar-refractivity contribution is -0.142. The minimum absolute atomic E-state index is 0.0987. The fourth-order valence-corrected chi connectivity index (χ4v) is 2.88. The van der Waals surface area contributed by atoms with Crippen LogP contribution in [0.3, 0.4) is 0 Å². The molecule has 7 heteroatoms. The zero-order valence-corrected chi connectivity index (χ0v) is 12.3. The van der Waals surface area contributed by atoms with Gasteiger partial charge in [-0.05, 0) is 31.0 Å². The Kier molecular flexibility index (Phi) is 5.78. The molecule has 1 aromatic rings. The molecule has 0 saturated heterocycles. The van der Waals surface area contributed by atoms with Gasteiger partial charge in [0.1, 0.15) is 6.04 Å². The van der Waals surface area contributed by atoms with E-state index in [9.17, 15) is 13.2 Å². The normalized spacial score (nSPS) is 13.0. The number of ether oxygens (including phenoxy) is 1. The standard InChI is InChI=1S/C12H16ClNO4S/c1-9(12(15)18-2)14-19(16,17)11-5-3-10(4-6-11)7-8-13/h3-6,9,14H,7-8H2,1-2H3. The molecule has 0 saturated carbocycles. The second kappa shape index (κ2) is 6.88. The second-order valence-electron chi connectivity index (χ2n) is 3.95. The van der Waals surface area contributed by atoms with Crippen LogP contribution in [0.1, 0.15) is 12.5 Å². The number of hydrogen-bond donors (Lipinski definition) is 1. The molecule has 0 aliphatic heterocycles. The molecule has 0 aliphatic carbocycles. The van der Waals surface area contributed by atoms with Crippen molar-refractivity contribution in [2.75, 3.05) is 13.0 Å². The molecular formula is C12H16ClNO4S. The molecule has 1 unspecified atom stereocenters. The SMILES string of the molecule is COC(=O)C(C)NS(=O)(=O)c1ccc(CCCl)cc1. The minimum Gasteiger partial charge on any atom is -0.468 e. The van der Waals surface area contributed by atoms with Crippen molar-refractivity contribution in [3.8, 4) is 0 Å². The van der Waals surface area contributed by atoms with Crippen molar-refractivity contribution in [1.82, 2.24) is 4.72 Å². The fraction of sp³-hybridized carbons (Fsp3) is 0.417. The highest BCUT2D eigenvalue weighted by Gasteiger charge is 2.22. The van der Waals surface area contributed by atoms with Crippen LogP contribution >= 0.6 is 11.6 Å². The number of benzene rings is 1. The number of sulfonamides is 1. The van der Waals surface area contributed by atoms with Gasteiger partial charge in [-0.3, -0.25) is 4.79 Å². The Morgan fingerprint density at radius 2 is 1.95 bits per heavy atom. The van der Waals surface area contributed by atoms with Gasteiger partial charge in [0, 0.05) is 5.88 Å². The van der Waals surface area contributed by atoms with Gasteiger partial charge in [-0.2, -0.15) is 4.72 Å². The second-order valence-corrected chi connectivity index (χ2v) is 6.04. The smallest absolute Gasteiger partial charge is 0.323 e. The molecule has 0 spiro atoms. The number of nitrogens with one attached hydrogen (secondary N) is 1. The van der Waals surface area contributed by atoms with Gasteiger partial charge in [0.2, 0.25) is 10.0 Å². The van der Waals surface area contributed by atoms with Crippen molar-refractivity contribution in [3.05, 3.63) is 29.8 Å². The van der Waals surface area contributed by atoms with Crippen LogP contribution < -0.4 is 4.72 Å². The van der Waals surface area contributed by atoms with Crippen LogP contribution in [0, 0.1) is 0 Å². The molecule has 106 valence electrons. The number of carbonyl (C=O) groups excluding carboxylic acids is 1. The van der Waals surface area contributed by atoms with Crippen molar-refractivity contribution in [1.29, 1.82) is 0 Å². The van der Waals surface area contributed by atoms with Crippen molar-refractivity contribution >= 4 is 27.6 Å². The van der Waals surface area contributed by atoms with E-state index in [4.69, 9.17) is 11.6 Å². The summed E-state index contributed by atoms with van der Waals surface area (Å²) in [7, 11) is -2.53. The van der Waals surface area contributed by atoms with Crippen LogP contribution in [0.15, 0.2) is 29.2 Å². The molecule has 1 atom stereocenters. The van der Waals surface area contributed by atoms with Gasteiger partial charge in [0.15, 0.2) is 0 Å². The Labute approximate surface area is 118 Å². The Hall–Kier alpha value is -1.11. The average molecular weight is 306 g/mol. The largest absolute Gasteiger partial charge is 0.468 e. The number of esters is 1. The zero-order valence-electron chi connectivity index (χ0n) is 10.7. The van der Waals surface area contributed by atoms with Gasteiger partial charge in [-0.1, -0.05) is 12.1 Å². The molecule has 1 N–H and O–H groups in total. The maximum Gasteiger partial charge on any atom is 0.323 e. The topological polar surface area (TPSA) is 72.5 Å². The van der Waals surface area contributed by atoms with Crippen LogP contribution in [0.25, 0.3) is 0 Å². The predicted octanol–water partition coefficient (Wildman–Crippen LogP) is 1.31. The Morgan fingerprint density at radius 3 is 2.42 bits per heavy atom. The first-order valence-corrected chi connectivity index (χ1v) is 7.67. The van der Waals surface area contributed by atoms with Gasteiger partial charge in [-0.25, -0.2) is 8.42 Å². The number of alkyl halides is 1. The first-order valence-electron chi connectivity index (χ1n) is 5.65. The molecular weight excluding hydrogens is 290 g/mol. The first-order chi connectivity index (χ1) is 8.90. The van der Waals surface area contributed by atoms with Crippen LogP contribution in [0.5, 0.6) is 0 Å². The average Bonchev–Trinajstić information content (AvgIpc) is 2.38. The summed E-state index contributed by atoms with van der Waals surface area (Å²) in [5, 5.41) is 0. The van der Waals surface area contributed by atoms with E-state index in [0.29, 0.717) is 12.3 Å². The number of aryl methyl sites for hydroxylation is 1. The van der Waals surface area contributed by atoms with Crippen molar-refractivity contribution in [3.63, 3.8) is 0 Å². The van der Waals surface area contributed by atoms with E-state index in [2.05, 4.69) is 9.46 Å². The third kappa shape index (κ3) is 4.49. The summed E-state index contributed by atoms with van der Waals surface area (Å²) in [6.07, 6.45) is 0.674. The van der Waals surface area contributed by atoms with Crippen molar-refractivity contribution < 1.29 is 17.9 Å². The highest BCUT2D eigenvalue weighted by molar-refractivity contribution is 7.89. The van der Waals surface area contributed by atoms with E-state index in [1.807, 2.05) is 0 Å². The summed E-state index contributed by atoms with van der Waals surface area (Å²) in [4.78, 5) is 11.3. The summed E-state index contributed by atoms with van der Waals surface area (Å²) in [6, 6.07) is 5.42. The number of rotatable bonds is 6. The molecule has 19 heavy (non-hydrogen) atoms. The van der Waals surface area contributed by atoms with Gasteiger partial charge in [-0.15, -0.1) is 11.6 Å². The van der Waals surface area contributed by atoms with Crippen molar-refractivity contribution in [2.24, 2.45) is 0 Å². The van der Waals surface area contributed by atoms with E-state index >= 15 is 0 Å². The van der Waals surface area contributed by atoms with Crippen LogP contribution in [-0.2, 0) is 26.0 Å². The monoisotopic (exact) mass is 305 g/mol. The molecule has 1 rings (SSSR count). The molecule has 0 heterocycles. The lowest BCUT2D eigenvalue weighted by atomic mass is 10.2. The fourth-order valence-electron chi connectivity index (χ4n) is 1.47. The number of halogens is 1. The summed E-state index contributed by atoms with van der Waals surface area (Å²) in [6.45, 7) is 1.42. The molecule has 0 fully saturated rings. The molecule has 0 aliphatic rings. The van der Waals surface area contributed by atoms with E-state index < -0.39 is 22.0 Å². The predicted molar refractivity (Wildman–Crippen MR) is 72.7 cm³/mol. The van der Waals surface area contributed by atoms with Gasteiger partial charge in [0.05, 0.1) is 12.0 Å². The lowest BCUT2D eigenvalue weighted by Crippen LogP contribution is -2.39. The third-order valence-corrected chi connectivity index (χ3v) is 4.25. The highest BCUT2D eigenvalue weighted by Crippen LogP contribution is 2.12. The Bertz CT molecular complexity index is 527. The first kappa shape index (κ1) is 15.9.